The van der Waals surface area contributed by atoms with E-state index in [0.29, 0.717) is 18.9 Å². The average Bonchev–Trinajstić information content (AvgIpc) is 2.86. The standard InChI is InChI=1S/C20H28N4O/c1-16(2)14-23-9-6-10-24-19(15-23)12-18(22-24)13-21-20(25)11-17-7-4-3-5-8-17/h3-5,7-8,12,16H,6,9-11,13-15H2,1-2H3,(H,21,25). The molecular weight excluding hydrogens is 312 g/mol. The lowest BCUT2D eigenvalue weighted by molar-refractivity contribution is -0.120. The first-order valence-corrected chi connectivity index (χ1v) is 9.18. The van der Waals surface area contributed by atoms with Crippen LogP contribution in [0.25, 0.3) is 0 Å². The normalized spacial score (nSPS) is 15.0. The van der Waals surface area contributed by atoms with E-state index in [-0.39, 0.29) is 5.91 Å². The van der Waals surface area contributed by atoms with Gasteiger partial charge in [-0.05, 0) is 24.0 Å². The first-order chi connectivity index (χ1) is 12.1. The van der Waals surface area contributed by atoms with E-state index in [1.807, 2.05) is 30.3 Å². The van der Waals surface area contributed by atoms with Gasteiger partial charge in [0.05, 0.1) is 24.4 Å². The van der Waals surface area contributed by atoms with Crippen LogP contribution >= 0.6 is 0 Å². The second kappa shape index (κ2) is 8.30. The minimum Gasteiger partial charge on any atom is -0.350 e. The summed E-state index contributed by atoms with van der Waals surface area (Å²) in [6.45, 7) is 9.17. The zero-order chi connectivity index (χ0) is 17.6. The molecular formula is C20H28N4O. The second-order valence-electron chi connectivity index (χ2n) is 7.27. The number of nitrogens with one attached hydrogen (secondary N) is 1. The number of carbonyl (C=O) groups excluding carboxylic acids is 1. The van der Waals surface area contributed by atoms with E-state index in [4.69, 9.17) is 0 Å². The molecule has 2 aromatic rings. The fourth-order valence-corrected chi connectivity index (χ4v) is 3.38. The van der Waals surface area contributed by atoms with Gasteiger partial charge in [-0.1, -0.05) is 44.2 Å². The first kappa shape index (κ1) is 17.7. The topological polar surface area (TPSA) is 50.2 Å². The van der Waals surface area contributed by atoms with Crippen LogP contribution in [0.2, 0.25) is 0 Å². The summed E-state index contributed by atoms with van der Waals surface area (Å²) in [5.74, 6) is 0.710. The molecule has 0 saturated carbocycles. The lowest BCUT2D eigenvalue weighted by Crippen LogP contribution is -2.27. The van der Waals surface area contributed by atoms with Gasteiger partial charge in [-0.2, -0.15) is 5.10 Å². The van der Waals surface area contributed by atoms with E-state index in [9.17, 15) is 4.79 Å². The number of aryl methyl sites for hydroxylation is 1. The Kier molecular flexibility index (Phi) is 5.87. The monoisotopic (exact) mass is 340 g/mol. The van der Waals surface area contributed by atoms with Crippen LogP contribution in [0.1, 0.15) is 37.2 Å². The van der Waals surface area contributed by atoms with Crippen molar-refractivity contribution in [1.29, 1.82) is 0 Å². The summed E-state index contributed by atoms with van der Waals surface area (Å²) >= 11 is 0. The number of benzene rings is 1. The van der Waals surface area contributed by atoms with Gasteiger partial charge in [0.2, 0.25) is 5.91 Å². The third-order valence-electron chi connectivity index (χ3n) is 4.44. The zero-order valence-corrected chi connectivity index (χ0v) is 15.2. The summed E-state index contributed by atoms with van der Waals surface area (Å²) in [4.78, 5) is 14.6. The highest BCUT2D eigenvalue weighted by Crippen LogP contribution is 2.15. The Hall–Kier alpha value is -2.14. The van der Waals surface area contributed by atoms with E-state index in [0.717, 1.165) is 43.9 Å². The van der Waals surface area contributed by atoms with Crippen molar-refractivity contribution in [1.82, 2.24) is 20.0 Å². The van der Waals surface area contributed by atoms with Crippen LogP contribution < -0.4 is 5.32 Å². The smallest absolute Gasteiger partial charge is 0.224 e. The Morgan fingerprint density at radius 1 is 1.24 bits per heavy atom. The maximum Gasteiger partial charge on any atom is 0.224 e. The quantitative estimate of drug-likeness (QED) is 0.879. The van der Waals surface area contributed by atoms with Gasteiger partial charge in [-0.15, -0.1) is 0 Å². The van der Waals surface area contributed by atoms with Crippen molar-refractivity contribution in [3.8, 4) is 0 Å². The minimum atomic E-state index is 0.0378. The molecule has 2 heterocycles. The number of aromatic nitrogens is 2. The van der Waals surface area contributed by atoms with Gasteiger partial charge >= 0.3 is 0 Å². The molecule has 5 heteroatoms. The van der Waals surface area contributed by atoms with Crippen LogP contribution in [0.4, 0.5) is 0 Å². The number of hydrogen-bond donors (Lipinski definition) is 1. The first-order valence-electron chi connectivity index (χ1n) is 9.18. The highest BCUT2D eigenvalue weighted by molar-refractivity contribution is 5.78. The highest BCUT2D eigenvalue weighted by Gasteiger charge is 2.17. The molecule has 0 bridgehead atoms. The number of fused-ring (bicyclic) bond motifs is 1. The van der Waals surface area contributed by atoms with Gasteiger partial charge in [-0.3, -0.25) is 14.4 Å². The molecule has 1 aromatic heterocycles. The molecule has 5 nitrogen and oxygen atoms in total. The van der Waals surface area contributed by atoms with Gasteiger partial charge in [0.15, 0.2) is 0 Å². The molecule has 0 atom stereocenters. The number of nitrogens with zero attached hydrogens (tertiary/aromatic N) is 3. The van der Waals surface area contributed by atoms with Crippen molar-refractivity contribution >= 4 is 5.91 Å². The van der Waals surface area contributed by atoms with E-state index < -0.39 is 0 Å². The fraction of sp³-hybridized carbons (Fsp3) is 0.500. The molecule has 3 rings (SSSR count). The number of amides is 1. The molecule has 0 spiro atoms. The molecule has 1 aliphatic rings. The molecule has 0 radical (unpaired) electrons. The largest absolute Gasteiger partial charge is 0.350 e. The Morgan fingerprint density at radius 2 is 2.04 bits per heavy atom. The van der Waals surface area contributed by atoms with Gasteiger partial charge < -0.3 is 5.32 Å². The van der Waals surface area contributed by atoms with E-state index in [1.165, 1.54) is 5.69 Å². The summed E-state index contributed by atoms with van der Waals surface area (Å²) in [6.07, 6.45) is 1.54. The highest BCUT2D eigenvalue weighted by atomic mass is 16.1. The summed E-state index contributed by atoms with van der Waals surface area (Å²) in [7, 11) is 0. The molecule has 0 aliphatic carbocycles. The maximum absolute atomic E-state index is 12.1. The van der Waals surface area contributed by atoms with Crippen LogP contribution in [0.5, 0.6) is 0 Å². The van der Waals surface area contributed by atoms with Crippen molar-refractivity contribution in [2.45, 2.75) is 46.3 Å². The Bertz CT molecular complexity index is 693. The summed E-state index contributed by atoms with van der Waals surface area (Å²) in [5.41, 5.74) is 3.23. The van der Waals surface area contributed by atoms with Gasteiger partial charge in [0, 0.05) is 26.2 Å². The summed E-state index contributed by atoms with van der Waals surface area (Å²) < 4.78 is 2.11. The molecule has 25 heavy (non-hydrogen) atoms. The number of hydrogen-bond acceptors (Lipinski definition) is 3. The van der Waals surface area contributed by atoms with E-state index in [2.05, 4.69) is 39.9 Å². The Morgan fingerprint density at radius 3 is 2.80 bits per heavy atom. The van der Waals surface area contributed by atoms with Gasteiger partial charge in [0.25, 0.3) is 0 Å². The fourth-order valence-electron chi connectivity index (χ4n) is 3.38. The Labute approximate surface area is 150 Å². The molecule has 1 amide bonds. The van der Waals surface area contributed by atoms with Crippen molar-refractivity contribution in [2.75, 3.05) is 13.1 Å². The average molecular weight is 340 g/mol. The third-order valence-corrected chi connectivity index (χ3v) is 4.44. The predicted octanol–water partition coefficient (Wildman–Crippen LogP) is 2.60. The summed E-state index contributed by atoms with van der Waals surface area (Å²) in [6, 6.07) is 12.0. The molecule has 134 valence electrons. The Balaban J connectivity index is 1.55. The molecule has 1 N–H and O–H groups in total. The number of carbonyl (C=O) groups is 1. The van der Waals surface area contributed by atoms with E-state index >= 15 is 0 Å². The third kappa shape index (κ3) is 5.16. The molecule has 0 unspecified atom stereocenters. The van der Waals surface area contributed by atoms with Crippen LogP contribution in [-0.2, 0) is 30.8 Å². The predicted molar refractivity (Wildman–Crippen MR) is 99.0 cm³/mol. The molecule has 1 aliphatic heterocycles. The number of rotatable bonds is 6. The zero-order valence-electron chi connectivity index (χ0n) is 15.2. The summed E-state index contributed by atoms with van der Waals surface area (Å²) in [5, 5.41) is 7.67. The molecule has 0 saturated heterocycles. The molecule has 0 fully saturated rings. The van der Waals surface area contributed by atoms with Crippen molar-refractivity contribution in [2.24, 2.45) is 5.92 Å². The molecule has 1 aromatic carbocycles. The van der Waals surface area contributed by atoms with Crippen LogP contribution in [0.3, 0.4) is 0 Å². The van der Waals surface area contributed by atoms with E-state index in [1.54, 1.807) is 0 Å². The van der Waals surface area contributed by atoms with Gasteiger partial charge in [-0.25, -0.2) is 0 Å². The minimum absolute atomic E-state index is 0.0378. The van der Waals surface area contributed by atoms with Crippen LogP contribution in [0.15, 0.2) is 36.4 Å². The second-order valence-corrected chi connectivity index (χ2v) is 7.27. The lowest BCUT2D eigenvalue weighted by atomic mass is 10.1. The lowest BCUT2D eigenvalue weighted by Gasteiger charge is -2.21. The van der Waals surface area contributed by atoms with Gasteiger partial charge in [0.1, 0.15) is 0 Å². The van der Waals surface area contributed by atoms with Crippen molar-refractivity contribution in [3.63, 3.8) is 0 Å². The van der Waals surface area contributed by atoms with Crippen LogP contribution in [-0.4, -0.2) is 33.7 Å². The van der Waals surface area contributed by atoms with Crippen molar-refractivity contribution in [3.05, 3.63) is 53.3 Å². The SMILES string of the molecule is CC(C)CN1CCCn2nc(CNC(=O)Cc3ccccc3)cc2C1. The van der Waals surface area contributed by atoms with Crippen molar-refractivity contribution < 1.29 is 4.79 Å². The maximum atomic E-state index is 12.1. The van der Waals surface area contributed by atoms with Crippen LogP contribution in [0, 0.1) is 5.92 Å².